The summed E-state index contributed by atoms with van der Waals surface area (Å²) in [5.74, 6) is 0. The van der Waals surface area contributed by atoms with E-state index in [-0.39, 0.29) is 0 Å². The van der Waals surface area contributed by atoms with Gasteiger partial charge < -0.3 is 5.32 Å². The topological polar surface area (TPSA) is 42.7 Å². The minimum Gasteiger partial charge on any atom is -0.311 e. The summed E-state index contributed by atoms with van der Waals surface area (Å²) in [6.45, 7) is 4.64. The predicted octanol–water partition coefficient (Wildman–Crippen LogP) is 2.48. The zero-order valence-electron chi connectivity index (χ0n) is 10.4. The SMILES string of the molecule is CCCNCc1cn(Cc2ccc(Cl)cc2)nn1. The van der Waals surface area contributed by atoms with Gasteiger partial charge in [-0.25, -0.2) is 4.68 Å². The summed E-state index contributed by atoms with van der Waals surface area (Å²) in [5, 5.41) is 12.3. The van der Waals surface area contributed by atoms with Crippen LogP contribution in [0.15, 0.2) is 30.5 Å². The molecule has 1 N–H and O–H groups in total. The van der Waals surface area contributed by atoms with Crippen molar-refractivity contribution in [2.24, 2.45) is 0 Å². The fourth-order valence-corrected chi connectivity index (χ4v) is 1.79. The van der Waals surface area contributed by atoms with E-state index < -0.39 is 0 Å². The molecule has 0 spiro atoms. The molecule has 0 aliphatic carbocycles. The van der Waals surface area contributed by atoms with E-state index in [1.54, 1.807) is 0 Å². The van der Waals surface area contributed by atoms with E-state index in [2.05, 4.69) is 22.6 Å². The van der Waals surface area contributed by atoms with E-state index in [1.165, 1.54) is 0 Å². The first-order valence-corrected chi connectivity index (χ1v) is 6.50. The second kappa shape index (κ2) is 6.52. The fraction of sp³-hybridized carbons (Fsp3) is 0.385. The van der Waals surface area contributed by atoms with Crippen LogP contribution >= 0.6 is 11.6 Å². The van der Waals surface area contributed by atoms with Gasteiger partial charge in [0.1, 0.15) is 0 Å². The summed E-state index contributed by atoms with van der Waals surface area (Å²) in [5.41, 5.74) is 2.13. The van der Waals surface area contributed by atoms with Crippen LogP contribution in [-0.2, 0) is 13.1 Å². The third kappa shape index (κ3) is 3.82. The van der Waals surface area contributed by atoms with E-state index in [9.17, 15) is 0 Å². The van der Waals surface area contributed by atoms with Gasteiger partial charge in [-0.3, -0.25) is 0 Å². The zero-order chi connectivity index (χ0) is 12.8. The molecule has 5 heteroatoms. The molecule has 0 bridgehead atoms. The van der Waals surface area contributed by atoms with Crippen LogP contribution in [0.1, 0.15) is 24.6 Å². The summed E-state index contributed by atoms with van der Waals surface area (Å²) in [4.78, 5) is 0. The number of aromatic nitrogens is 3. The van der Waals surface area contributed by atoms with Crippen LogP contribution in [0.5, 0.6) is 0 Å². The van der Waals surface area contributed by atoms with Gasteiger partial charge in [0.25, 0.3) is 0 Å². The summed E-state index contributed by atoms with van der Waals surface area (Å²) in [6, 6.07) is 7.77. The maximum atomic E-state index is 5.85. The summed E-state index contributed by atoms with van der Waals surface area (Å²) < 4.78 is 1.84. The van der Waals surface area contributed by atoms with E-state index in [4.69, 9.17) is 11.6 Å². The summed E-state index contributed by atoms with van der Waals surface area (Å²) >= 11 is 5.85. The van der Waals surface area contributed by atoms with Crippen molar-refractivity contribution in [3.63, 3.8) is 0 Å². The van der Waals surface area contributed by atoms with Crippen LogP contribution in [-0.4, -0.2) is 21.5 Å². The molecular formula is C13H17ClN4. The second-order valence-corrected chi connectivity index (χ2v) is 4.65. The predicted molar refractivity (Wildman–Crippen MR) is 72.6 cm³/mol. The highest BCUT2D eigenvalue weighted by Crippen LogP contribution is 2.10. The fourth-order valence-electron chi connectivity index (χ4n) is 1.67. The molecule has 2 aromatic rings. The van der Waals surface area contributed by atoms with E-state index in [1.807, 2.05) is 35.1 Å². The number of nitrogens with zero attached hydrogens (tertiary/aromatic N) is 3. The molecule has 0 saturated carbocycles. The molecule has 0 amide bonds. The highest BCUT2D eigenvalue weighted by Gasteiger charge is 2.01. The third-order valence-corrected chi connectivity index (χ3v) is 2.83. The highest BCUT2D eigenvalue weighted by atomic mass is 35.5. The largest absolute Gasteiger partial charge is 0.311 e. The van der Waals surface area contributed by atoms with Crippen molar-refractivity contribution in [2.45, 2.75) is 26.4 Å². The Kier molecular flexibility index (Phi) is 4.73. The molecule has 18 heavy (non-hydrogen) atoms. The number of hydrogen-bond acceptors (Lipinski definition) is 3. The molecule has 1 aromatic heterocycles. The van der Waals surface area contributed by atoms with E-state index in [0.29, 0.717) is 0 Å². The number of rotatable bonds is 6. The average molecular weight is 265 g/mol. The van der Waals surface area contributed by atoms with Gasteiger partial charge in [0.05, 0.1) is 18.4 Å². The van der Waals surface area contributed by atoms with Crippen molar-refractivity contribution in [1.82, 2.24) is 20.3 Å². The monoisotopic (exact) mass is 264 g/mol. The zero-order valence-corrected chi connectivity index (χ0v) is 11.2. The van der Waals surface area contributed by atoms with Crippen molar-refractivity contribution in [3.05, 3.63) is 46.7 Å². The number of hydrogen-bond donors (Lipinski definition) is 1. The molecule has 96 valence electrons. The first kappa shape index (κ1) is 13.1. The smallest absolute Gasteiger partial charge is 0.0964 e. The van der Waals surface area contributed by atoms with Gasteiger partial charge in [0.2, 0.25) is 0 Å². The Hall–Kier alpha value is -1.39. The number of halogens is 1. The molecule has 4 nitrogen and oxygen atoms in total. The van der Waals surface area contributed by atoms with Crippen molar-refractivity contribution in [3.8, 4) is 0 Å². The Labute approximate surface area is 112 Å². The van der Waals surface area contributed by atoms with Gasteiger partial charge in [-0.1, -0.05) is 35.9 Å². The van der Waals surface area contributed by atoms with E-state index >= 15 is 0 Å². The van der Waals surface area contributed by atoms with Crippen LogP contribution in [0.4, 0.5) is 0 Å². The Morgan fingerprint density at radius 3 is 2.78 bits per heavy atom. The lowest BCUT2D eigenvalue weighted by Gasteiger charge is -2.00. The lowest BCUT2D eigenvalue weighted by Crippen LogP contribution is -2.13. The van der Waals surface area contributed by atoms with Gasteiger partial charge >= 0.3 is 0 Å². The molecule has 0 saturated heterocycles. The maximum Gasteiger partial charge on any atom is 0.0964 e. The van der Waals surface area contributed by atoms with Crippen molar-refractivity contribution >= 4 is 11.6 Å². The van der Waals surface area contributed by atoms with Crippen LogP contribution in [0, 0.1) is 0 Å². The standard InChI is InChI=1S/C13H17ClN4/c1-2-7-15-8-13-10-18(17-16-13)9-11-3-5-12(14)6-4-11/h3-6,10,15H,2,7-9H2,1H3. The van der Waals surface area contributed by atoms with Crippen LogP contribution in [0.25, 0.3) is 0 Å². The van der Waals surface area contributed by atoms with Crippen LogP contribution < -0.4 is 5.32 Å². The quantitative estimate of drug-likeness (QED) is 0.815. The molecular weight excluding hydrogens is 248 g/mol. The number of benzene rings is 1. The normalized spacial score (nSPS) is 10.8. The van der Waals surface area contributed by atoms with Crippen molar-refractivity contribution < 1.29 is 0 Å². The Bertz CT molecular complexity index is 478. The molecule has 0 radical (unpaired) electrons. The molecule has 0 unspecified atom stereocenters. The van der Waals surface area contributed by atoms with Crippen molar-refractivity contribution in [2.75, 3.05) is 6.54 Å². The molecule has 1 aromatic carbocycles. The van der Waals surface area contributed by atoms with Crippen LogP contribution in [0.2, 0.25) is 5.02 Å². The Morgan fingerprint density at radius 1 is 1.28 bits per heavy atom. The average Bonchev–Trinajstić information content (AvgIpc) is 2.80. The van der Waals surface area contributed by atoms with Gasteiger partial charge in [-0.2, -0.15) is 0 Å². The minimum atomic E-state index is 0.720. The Balaban J connectivity index is 1.91. The highest BCUT2D eigenvalue weighted by molar-refractivity contribution is 6.30. The van der Waals surface area contributed by atoms with Gasteiger partial charge in [0.15, 0.2) is 0 Å². The van der Waals surface area contributed by atoms with Crippen molar-refractivity contribution in [1.29, 1.82) is 0 Å². The third-order valence-electron chi connectivity index (χ3n) is 2.58. The van der Waals surface area contributed by atoms with Gasteiger partial charge in [0, 0.05) is 11.6 Å². The molecule has 2 rings (SSSR count). The summed E-state index contributed by atoms with van der Waals surface area (Å²) in [7, 11) is 0. The molecule has 1 heterocycles. The second-order valence-electron chi connectivity index (χ2n) is 4.21. The minimum absolute atomic E-state index is 0.720. The molecule has 0 aliphatic rings. The van der Waals surface area contributed by atoms with Gasteiger partial charge in [-0.05, 0) is 30.7 Å². The van der Waals surface area contributed by atoms with E-state index in [0.717, 1.165) is 42.3 Å². The first-order valence-electron chi connectivity index (χ1n) is 6.12. The lowest BCUT2D eigenvalue weighted by atomic mass is 10.2. The van der Waals surface area contributed by atoms with Gasteiger partial charge in [-0.15, -0.1) is 5.10 Å². The maximum absolute atomic E-state index is 5.85. The summed E-state index contributed by atoms with van der Waals surface area (Å²) in [6.07, 6.45) is 3.09. The number of nitrogens with one attached hydrogen (secondary N) is 1. The molecule has 0 fully saturated rings. The molecule has 0 atom stereocenters. The Morgan fingerprint density at radius 2 is 2.06 bits per heavy atom. The van der Waals surface area contributed by atoms with Crippen LogP contribution in [0.3, 0.4) is 0 Å². The lowest BCUT2D eigenvalue weighted by molar-refractivity contribution is 0.645. The molecule has 0 aliphatic heterocycles. The first-order chi connectivity index (χ1) is 8.78.